The molecule has 1 aromatic heterocycles. The third-order valence-electron chi connectivity index (χ3n) is 3.81. The Morgan fingerprint density at radius 1 is 1.30 bits per heavy atom. The minimum Gasteiger partial charge on any atom is -0.383 e. The first kappa shape index (κ1) is 15.7. The van der Waals surface area contributed by atoms with Crippen molar-refractivity contribution >= 4 is 21.7 Å². The van der Waals surface area contributed by atoms with E-state index in [2.05, 4.69) is 51.7 Å². The van der Waals surface area contributed by atoms with Crippen LogP contribution in [0.2, 0.25) is 0 Å². The van der Waals surface area contributed by atoms with Gasteiger partial charge < -0.3 is 10.6 Å². The van der Waals surface area contributed by atoms with Crippen LogP contribution in [0.4, 0.5) is 5.82 Å². The van der Waals surface area contributed by atoms with Gasteiger partial charge in [0.2, 0.25) is 0 Å². The van der Waals surface area contributed by atoms with Gasteiger partial charge in [-0.15, -0.1) is 0 Å². The maximum atomic E-state index is 6.05. The standard InChI is InChI=1S/C14H24BrN5/c1-4-6-10-12(15)13(16)18-14(17-10)11-9-19(2)7-5-8-20(11)3/h11H,4-9H2,1-3H3,(H2,16,17,18). The van der Waals surface area contributed by atoms with E-state index in [0.29, 0.717) is 5.82 Å². The topological polar surface area (TPSA) is 58.3 Å². The van der Waals surface area contributed by atoms with E-state index in [-0.39, 0.29) is 6.04 Å². The van der Waals surface area contributed by atoms with E-state index in [0.717, 1.165) is 48.5 Å². The average molecular weight is 342 g/mol. The Balaban J connectivity index is 2.34. The van der Waals surface area contributed by atoms with Crippen molar-refractivity contribution in [2.45, 2.75) is 32.2 Å². The Morgan fingerprint density at radius 2 is 2.05 bits per heavy atom. The highest BCUT2D eigenvalue weighted by Gasteiger charge is 2.25. The summed E-state index contributed by atoms with van der Waals surface area (Å²) in [5, 5.41) is 0. The van der Waals surface area contributed by atoms with E-state index >= 15 is 0 Å². The van der Waals surface area contributed by atoms with Crippen LogP contribution in [0, 0.1) is 0 Å². The first-order valence-electron chi connectivity index (χ1n) is 7.23. The summed E-state index contributed by atoms with van der Waals surface area (Å²) in [5.41, 5.74) is 7.07. The van der Waals surface area contributed by atoms with Crippen molar-refractivity contribution in [3.8, 4) is 0 Å². The van der Waals surface area contributed by atoms with E-state index in [1.165, 1.54) is 6.42 Å². The first-order valence-corrected chi connectivity index (χ1v) is 8.02. The van der Waals surface area contributed by atoms with E-state index in [4.69, 9.17) is 10.7 Å². The van der Waals surface area contributed by atoms with Gasteiger partial charge in [-0.05, 0) is 56.0 Å². The van der Waals surface area contributed by atoms with Gasteiger partial charge in [-0.1, -0.05) is 13.3 Å². The van der Waals surface area contributed by atoms with Crippen molar-refractivity contribution < 1.29 is 0 Å². The average Bonchev–Trinajstić information content (AvgIpc) is 2.57. The third kappa shape index (κ3) is 3.48. The zero-order valence-electron chi connectivity index (χ0n) is 12.6. The van der Waals surface area contributed by atoms with Gasteiger partial charge >= 0.3 is 0 Å². The number of aromatic nitrogens is 2. The molecule has 112 valence electrons. The van der Waals surface area contributed by atoms with Gasteiger partial charge in [0.15, 0.2) is 0 Å². The van der Waals surface area contributed by atoms with Gasteiger partial charge in [-0.3, -0.25) is 4.90 Å². The van der Waals surface area contributed by atoms with Gasteiger partial charge in [0.1, 0.15) is 11.6 Å². The van der Waals surface area contributed by atoms with Crippen LogP contribution in [0.5, 0.6) is 0 Å². The molecule has 1 aliphatic heterocycles. The van der Waals surface area contributed by atoms with E-state index in [1.807, 2.05) is 0 Å². The molecule has 1 atom stereocenters. The van der Waals surface area contributed by atoms with Gasteiger partial charge in [0.25, 0.3) is 0 Å². The molecule has 20 heavy (non-hydrogen) atoms. The fourth-order valence-corrected chi connectivity index (χ4v) is 3.01. The predicted octanol–water partition coefficient (Wildman–Crippen LogP) is 2.08. The number of hydrogen-bond acceptors (Lipinski definition) is 5. The molecule has 1 saturated heterocycles. The molecule has 2 heterocycles. The normalized spacial score (nSPS) is 21.9. The van der Waals surface area contributed by atoms with Crippen molar-refractivity contribution in [3.05, 3.63) is 16.0 Å². The van der Waals surface area contributed by atoms with Crippen LogP contribution in [-0.4, -0.2) is 53.5 Å². The lowest BCUT2D eigenvalue weighted by Gasteiger charge is -2.26. The highest BCUT2D eigenvalue weighted by Crippen LogP contribution is 2.27. The molecule has 0 spiro atoms. The van der Waals surface area contributed by atoms with Crippen LogP contribution in [0.25, 0.3) is 0 Å². The van der Waals surface area contributed by atoms with Crippen LogP contribution in [0.1, 0.15) is 37.3 Å². The second-order valence-corrected chi connectivity index (χ2v) is 6.38. The number of aryl methyl sites for hydroxylation is 1. The van der Waals surface area contributed by atoms with Crippen LogP contribution in [-0.2, 0) is 6.42 Å². The maximum absolute atomic E-state index is 6.05. The number of nitrogen functional groups attached to an aromatic ring is 1. The Bertz CT molecular complexity index is 465. The molecule has 0 aromatic carbocycles. The Labute approximate surface area is 129 Å². The summed E-state index contributed by atoms with van der Waals surface area (Å²) in [6.45, 7) is 5.28. The smallest absolute Gasteiger partial charge is 0.149 e. The van der Waals surface area contributed by atoms with E-state index < -0.39 is 0 Å². The molecule has 2 N–H and O–H groups in total. The van der Waals surface area contributed by atoms with Crippen molar-refractivity contribution in [3.63, 3.8) is 0 Å². The Morgan fingerprint density at radius 3 is 2.75 bits per heavy atom. The van der Waals surface area contributed by atoms with Crippen LogP contribution in [0.3, 0.4) is 0 Å². The number of rotatable bonds is 3. The second kappa shape index (κ2) is 6.83. The molecule has 0 saturated carbocycles. The number of hydrogen-bond donors (Lipinski definition) is 1. The summed E-state index contributed by atoms with van der Waals surface area (Å²) in [6, 6.07) is 0.216. The summed E-state index contributed by atoms with van der Waals surface area (Å²) < 4.78 is 0.854. The maximum Gasteiger partial charge on any atom is 0.149 e. The molecule has 1 aliphatic rings. The van der Waals surface area contributed by atoms with Crippen molar-refractivity contribution in [1.82, 2.24) is 19.8 Å². The lowest BCUT2D eigenvalue weighted by Crippen LogP contribution is -2.32. The van der Waals surface area contributed by atoms with Crippen molar-refractivity contribution in [2.75, 3.05) is 39.5 Å². The molecule has 1 fully saturated rings. The van der Waals surface area contributed by atoms with Gasteiger partial charge in [0.05, 0.1) is 16.2 Å². The largest absolute Gasteiger partial charge is 0.383 e. The van der Waals surface area contributed by atoms with Crippen molar-refractivity contribution in [2.24, 2.45) is 0 Å². The zero-order valence-corrected chi connectivity index (χ0v) is 14.2. The second-order valence-electron chi connectivity index (χ2n) is 5.59. The fourth-order valence-electron chi connectivity index (χ4n) is 2.63. The van der Waals surface area contributed by atoms with Gasteiger partial charge in [0, 0.05) is 6.54 Å². The highest BCUT2D eigenvalue weighted by atomic mass is 79.9. The lowest BCUT2D eigenvalue weighted by molar-refractivity contribution is 0.219. The minimum absolute atomic E-state index is 0.216. The molecule has 1 aromatic rings. The molecular weight excluding hydrogens is 318 g/mol. The quantitative estimate of drug-likeness (QED) is 0.912. The molecule has 0 bridgehead atoms. The van der Waals surface area contributed by atoms with Crippen LogP contribution in [0.15, 0.2) is 4.47 Å². The van der Waals surface area contributed by atoms with Gasteiger partial charge in [-0.25, -0.2) is 9.97 Å². The van der Waals surface area contributed by atoms with Crippen LogP contribution < -0.4 is 5.73 Å². The number of anilines is 1. The zero-order chi connectivity index (χ0) is 14.7. The van der Waals surface area contributed by atoms with E-state index in [1.54, 1.807) is 0 Å². The molecule has 0 aliphatic carbocycles. The summed E-state index contributed by atoms with van der Waals surface area (Å²) >= 11 is 3.51. The number of halogens is 1. The highest BCUT2D eigenvalue weighted by molar-refractivity contribution is 9.10. The monoisotopic (exact) mass is 341 g/mol. The summed E-state index contributed by atoms with van der Waals surface area (Å²) in [7, 11) is 4.30. The molecule has 5 nitrogen and oxygen atoms in total. The van der Waals surface area contributed by atoms with Gasteiger partial charge in [-0.2, -0.15) is 0 Å². The number of likely N-dealkylation sites (N-methyl/N-ethyl adjacent to an activating group) is 2. The molecule has 0 amide bonds. The predicted molar refractivity (Wildman–Crippen MR) is 85.6 cm³/mol. The Kier molecular flexibility index (Phi) is 5.35. The fraction of sp³-hybridized carbons (Fsp3) is 0.714. The molecule has 2 rings (SSSR count). The SMILES string of the molecule is CCCc1nc(C2CN(C)CCCN2C)nc(N)c1Br. The summed E-state index contributed by atoms with van der Waals surface area (Å²) in [4.78, 5) is 14.0. The van der Waals surface area contributed by atoms with E-state index in [9.17, 15) is 0 Å². The minimum atomic E-state index is 0.216. The van der Waals surface area contributed by atoms with Crippen LogP contribution >= 0.6 is 15.9 Å². The molecule has 6 heteroatoms. The number of nitrogens with two attached hydrogens (primary N) is 1. The third-order valence-corrected chi connectivity index (χ3v) is 4.68. The Hall–Kier alpha value is -0.720. The molecule has 1 unspecified atom stereocenters. The lowest BCUT2D eigenvalue weighted by atomic mass is 10.2. The summed E-state index contributed by atoms with van der Waals surface area (Å²) in [5.74, 6) is 1.41. The van der Waals surface area contributed by atoms with Crippen molar-refractivity contribution in [1.29, 1.82) is 0 Å². The number of nitrogens with zero attached hydrogens (tertiary/aromatic N) is 4. The first-order chi connectivity index (χ1) is 9.52. The molecule has 0 radical (unpaired) electrons. The molecular formula is C14H24BrN5. The summed E-state index contributed by atoms with van der Waals surface area (Å²) in [6.07, 6.45) is 3.15.